The van der Waals surface area contributed by atoms with Crippen molar-refractivity contribution in [1.29, 1.82) is 0 Å². The third-order valence-electron chi connectivity index (χ3n) is 2.96. The third kappa shape index (κ3) is 3.17. The maximum absolute atomic E-state index is 13.8. The van der Waals surface area contributed by atoms with E-state index in [1.165, 1.54) is 17.1 Å². The number of hydrogen-bond acceptors (Lipinski definition) is 4. The molecule has 0 radical (unpaired) electrons. The summed E-state index contributed by atoms with van der Waals surface area (Å²) in [6.45, 7) is 0.493. The maximum Gasteiger partial charge on any atom is 0.146 e. The second-order valence-electron chi connectivity index (χ2n) is 4.40. The molecule has 7 heteroatoms. The van der Waals surface area contributed by atoms with Gasteiger partial charge in [0.05, 0.1) is 11.4 Å². The van der Waals surface area contributed by atoms with Gasteiger partial charge in [0.15, 0.2) is 0 Å². The van der Waals surface area contributed by atoms with Gasteiger partial charge in [-0.05, 0) is 46.3 Å². The van der Waals surface area contributed by atoms with E-state index in [9.17, 15) is 4.39 Å². The van der Waals surface area contributed by atoms with E-state index in [4.69, 9.17) is 11.6 Å². The fourth-order valence-electron chi connectivity index (χ4n) is 1.87. The monoisotopic (exact) mass is 303 g/mol. The molecule has 0 aliphatic heterocycles. The minimum absolute atomic E-state index is 0.333. The topological polar surface area (TPSA) is 55.6 Å². The zero-order chi connectivity index (χ0) is 14.7. The number of tetrazole rings is 1. The standard InChI is InChI=1S/C14H11ClFN5/c15-11-3-1-10(2-4-11)8-17-14-7-12(5-6-13(14)16)21-9-18-19-20-21/h1-7,9,17H,8H2. The lowest BCUT2D eigenvalue weighted by atomic mass is 10.2. The number of anilines is 1. The Morgan fingerprint density at radius 1 is 1.14 bits per heavy atom. The number of hydrogen-bond donors (Lipinski definition) is 1. The minimum Gasteiger partial charge on any atom is -0.379 e. The van der Waals surface area contributed by atoms with Crippen molar-refractivity contribution in [2.45, 2.75) is 6.54 Å². The van der Waals surface area contributed by atoms with Gasteiger partial charge in [0.25, 0.3) is 0 Å². The van der Waals surface area contributed by atoms with E-state index >= 15 is 0 Å². The predicted molar refractivity (Wildman–Crippen MR) is 77.9 cm³/mol. The van der Waals surface area contributed by atoms with Gasteiger partial charge in [-0.1, -0.05) is 23.7 Å². The molecule has 0 saturated heterocycles. The summed E-state index contributed by atoms with van der Waals surface area (Å²) in [5.74, 6) is -0.333. The second kappa shape index (κ2) is 5.88. The fraction of sp³-hybridized carbons (Fsp3) is 0.0714. The van der Waals surface area contributed by atoms with E-state index in [1.807, 2.05) is 12.1 Å². The molecule has 0 aliphatic rings. The highest BCUT2D eigenvalue weighted by Crippen LogP contribution is 2.19. The molecular weight excluding hydrogens is 293 g/mol. The van der Waals surface area contributed by atoms with Crippen molar-refractivity contribution in [3.63, 3.8) is 0 Å². The van der Waals surface area contributed by atoms with Crippen LogP contribution in [-0.2, 0) is 6.54 Å². The first-order valence-corrected chi connectivity index (χ1v) is 6.61. The number of halogens is 2. The van der Waals surface area contributed by atoms with Crippen LogP contribution in [-0.4, -0.2) is 20.2 Å². The Bertz CT molecular complexity index is 728. The molecule has 0 fully saturated rings. The summed E-state index contributed by atoms with van der Waals surface area (Å²) in [6, 6.07) is 12.0. The van der Waals surface area contributed by atoms with Crippen LogP contribution in [0.2, 0.25) is 5.02 Å². The Morgan fingerprint density at radius 2 is 1.95 bits per heavy atom. The second-order valence-corrected chi connectivity index (χ2v) is 4.83. The van der Waals surface area contributed by atoms with Crippen LogP contribution in [0.4, 0.5) is 10.1 Å². The van der Waals surface area contributed by atoms with Gasteiger partial charge >= 0.3 is 0 Å². The smallest absolute Gasteiger partial charge is 0.146 e. The lowest BCUT2D eigenvalue weighted by Crippen LogP contribution is -2.03. The van der Waals surface area contributed by atoms with Crippen molar-refractivity contribution in [1.82, 2.24) is 20.2 Å². The van der Waals surface area contributed by atoms with Crippen molar-refractivity contribution in [3.05, 3.63) is 65.2 Å². The number of benzene rings is 2. The molecule has 3 aromatic rings. The average molecular weight is 304 g/mol. The van der Waals surface area contributed by atoms with Crippen LogP contribution >= 0.6 is 11.6 Å². The Morgan fingerprint density at radius 3 is 2.67 bits per heavy atom. The molecular formula is C14H11ClFN5. The molecule has 0 amide bonds. The lowest BCUT2D eigenvalue weighted by Gasteiger charge is -2.09. The Balaban J connectivity index is 1.78. The van der Waals surface area contributed by atoms with Crippen LogP contribution in [0.3, 0.4) is 0 Å². The Hall–Kier alpha value is -2.47. The third-order valence-corrected chi connectivity index (χ3v) is 3.21. The molecule has 21 heavy (non-hydrogen) atoms. The molecule has 1 heterocycles. The quantitative estimate of drug-likeness (QED) is 0.805. The van der Waals surface area contributed by atoms with Crippen molar-refractivity contribution >= 4 is 17.3 Å². The molecule has 5 nitrogen and oxygen atoms in total. The molecule has 0 bridgehead atoms. The average Bonchev–Trinajstić information content (AvgIpc) is 3.02. The molecule has 1 aromatic heterocycles. The number of nitrogens with one attached hydrogen (secondary N) is 1. The molecule has 0 aliphatic carbocycles. The summed E-state index contributed by atoms with van der Waals surface area (Å²) in [6.07, 6.45) is 1.45. The van der Waals surface area contributed by atoms with Gasteiger partial charge < -0.3 is 5.32 Å². The summed E-state index contributed by atoms with van der Waals surface area (Å²) < 4.78 is 15.3. The predicted octanol–water partition coefficient (Wildman–Crippen LogP) is 3.07. The van der Waals surface area contributed by atoms with E-state index in [0.717, 1.165) is 5.56 Å². The molecule has 0 saturated carbocycles. The van der Waals surface area contributed by atoms with Gasteiger partial charge in [-0.3, -0.25) is 0 Å². The van der Waals surface area contributed by atoms with E-state index in [0.29, 0.717) is 22.9 Å². The Kier molecular flexibility index (Phi) is 3.79. The van der Waals surface area contributed by atoms with Crippen LogP contribution in [0.15, 0.2) is 48.8 Å². The van der Waals surface area contributed by atoms with E-state index in [2.05, 4.69) is 20.8 Å². The summed E-state index contributed by atoms with van der Waals surface area (Å²) in [5.41, 5.74) is 2.07. The van der Waals surface area contributed by atoms with Gasteiger partial charge in [-0.25, -0.2) is 9.07 Å². The normalized spacial score (nSPS) is 10.6. The lowest BCUT2D eigenvalue weighted by molar-refractivity contribution is 0.629. The van der Waals surface area contributed by atoms with Crippen molar-refractivity contribution in [2.75, 3.05) is 5.32 Å². The highest BCUT2D eigenvalue weighted by Gasteiger charge is 2.06. The van der Waals surface area contributed by atoms with Crippen LogP contribution < -0.4 is 5.32 Å². The van der Waals surface area contributed by atoms with Crippen molar-refractivity contribution in [2.24, 2.45) is 0 Å². The molecule has 3 rings (SSSR count). The Labute approximate surface area is 125 Å². The molecule has 0 unspecified atom stereocenters. The SMILES string of the molecule is Fc1ccc(-n2cnnn2)cc1NCc1ccc(Cl)cc1. The van der Waals surface area contributed by atoms with E-state index in [-0.39, 0.29) is 5.82 Å². The summed E-state index contributed by atoms with van der Waals surface area (Å²) in [5, 5.41) is 14.6. The number of rotatable bonds is 4. The highest BCUT2D eigenvalue weighted by molar-refractivity contribution is 6.30. The van der Waals surface area contributed by atoms with Crippen LogP contribution in [0.25, 0.3) is 5.69 Å². The molecule has 1 N–H and O–H groups in total. The molecule has 2 aromatic carbocycles. The van der Waals surface area contributed by atoms with Crippen molar-refractivity contribution < 1.29 is 4.39 Å². The number of aromatic nitrogens is 4. The highest BCUT2D eigenvalue weighted by atomic mass is 35.5. The number of nitrogens with zero attached hydrogens (tertiary/aromatic N) is 4. The van der Waals surface area contributed by atoms with E-state index < -0.39 is 0 Å². The molecule has 0 spiro atoms. The summed E-state index contributed by atoms with van der Waals surface area (Å²) >= 11 is 5.83. The van der Waals surface area contributed by atoms with Crippen LogP contribution in [0.1, 0.15) is 5.56 Å². The van der Waals surface area contributed by atoms with E-state index in [1.54, 1.807) is 24.3 Å². The largest absolute Gasteiger partial charge is 0.379 e. The molecule has 106 valence electrons. The summed E-state index contributed by atoms with van der Waals surface area (Å²) in [4.78, 5) is 0. The van der Waals surface area contributed by atoms with Gasteiger partial charge in [0.2, 0.25) is 0 Å². The first kappa shape index (κ1) is 13.5. The first-order chi connectivity index (χ1) is 10.2. The molecule has 0 atom stereocenters. The van der Waals surface area contributed by atoms with Gasteiger partial charge in [0.1, 0.15) is 12.1 Å². The van der Waals surface area contributed by atoms with Gasteiger partial charge in [0, 0.05) is 11.6 Å². The summed E-state index contributed by atoms with van der Waals surface area (Å²) in [7, 11) is 0. The maximum atomic E-state index is 13.8. The van der Waals surface area contributed by atoms with Crippen LogP contribution in [0.5, 0.6) is 0 Å². The first-order valence-electron chi connectivity index (χ1n) is 6.23. The van der Waals surface area contributed by atoms with Gasteiger partial charge in [-0.15, -0.1) is 5.10 Å². The zero-order valence-electron chi connectivity index (χ0n) is 10.9. The zero-order valence-corrected chi connectivity index (χ0v) is 11.6. The van der Waals surface area contributed by atoms with Gasteiger partial charge in [-0.2, -0.15) is 0 Å². The van der Waals surface area contributed by atoms with Crippen LogP contribution in [0, 0.1) is 5.82 Å². The fourth-order valence-corrected chi connectivity index (χ4v) is 2.00. The minimum atomic E-state index is -0.333. The van der Waals surface area contributed by atoms with Crippen molar-refractivity contribution in [3.8, 4) is 5.69 Å².